The maximum absolute atomic E-state index is 2.51. The van der Waals surface area contributed by atoms with Gasteiger partial charge in [0.15, 0.2) is 0 Å². The first kappa shape index (κ1) is 9.82. The van der Waals surface area contributed by atoms with Gasteiger partial charge in [0, 0.05) is 4.43 Å². The Hall–Kier alpha value is 0.730. The molecule has 1 aliphatic rings. The first-order valence-corrected chi connectivity index (χ1v) is 6.22. The Morgan fingerprint density at radius 1 is 1.27 bits per heavy atom. The third-order valence-corrected chi connectivity index (χ3v) is 4.45. The van der Waals surface area contributed by atoms with Gasteiger partial charge in [0.25, 0.3) is 0 Å². The maximum atomic E-state index is 2.51. The fourth-order valence-corrected chi connectivity index (χ4v) is 3.53. The molecule has 0 nitrogen and oxygen atoms in total. The SMILES string of the molecule is CCC1(C)CC1(CC)CCI. The zero-order chi connectivity index (χ0) is 8.54. The lowest BCUT2D eigenvalue weighted by molar-refractivity contribution is 0.331. The standard InChI is InChI=1S/C10H19I/c1-4-9(3)8-10(9,5-2)6-7-11/h4-8H2,1-3H3. The summed E-state index contributed by atoms with van der Waals surface area (Å²) in [7, 11) is 0. The molecule has 0 spiro atoms. The normalized spacial score (nSPS) is 42.5. The predicted octanol–water partition coefficient (Wildman–Crippen LogP) is 4.03. The Kier molecular flexibility index (Phi) is 2.88. The summed E-state index contributed by atoms with van der Waals surface area (Å²) in [6.07, 6.45) is 5.68. The van der Waals surface area contributed by atoms with E-state index in [9.17, 15) is 0 Å². The Bertz CT molecular complexity index is 140. The van der Waals surface area contributed by atoms with Crippen molar-refractivity contribution in [3.05, 3.63) is 0 Å². The van der Waals surface area contributed by atoms with Crippen molar-refractivity contribution in [3.63, 3.8) is 0 Å². The molecule has 11 heavy (non-hydrogen) atoms. The van der Waals surface area contributed by atoms with Crippen LogP contribution in [0.25, 0.3) is 0 Å². The Morgan fingerprint density at radius 3 is 2.18 bits per heavy atom. The number of hydrogen-bond donors (Lipinski definition) is 0. The largest absolute Gasteiger partial charge is 0.0864 e. The van der Waals surface area contributed by atoms with Gasteiger partial charge in [-0.15, -0.1) is 0 Å². The van der Waals surface area contributed by atoms with E-state index in [1.165, 1.54) is 30.1 Å². The molecule has 1 saturated carbocycles. The summed E-state index contributed by atoms with van der Waals surface area (Å²) in [5, 5.41) is 0. The van der Waals surface area contributed by atoms with E-state index in [0.717, 1.165) is 5.41 Å². The molecule has 1 fully saturated rings. The lowest BCUT2D eigenvalue weighted by Gasteiger charge is -2.19. The van der Waals surface area contributed by atoms with Gasteiger partial charge in [-0.05, 0) is 30.1 Å². The first-order valence-electron chi connectivity index (χ1n) is 4.70. The minimum atomic E-state index is 0.701. The molecule has 1 aliphatic carbocycles. The van der Waals surface area contributed by atoms with Crippen molar-refractivity contribution in [2.45, 2.75) is 46.5 Å². The van der Waals surface area contributed by atoms with Crippen LogP contribution in [-0.2, 0) is 0 Å². The third-order valence-electron chi connectivity index (χ3n) is 3.91. The second-order valence-corrected chi connectivity index (χ2v) is 5.24. The van der Waals surface area contributed by atoms with Crippen molar-refractivity contribution in [2.75, 3.05) is 4.43 Å². The first-order chi connectivity index (χ1) is 5.14. The highest BCUT2D eigenvalue weighted by Crippen LogP contribution is 2.69. The molecule has 0 radical (unpaired) electrons. The molecule has 0 aromatic rings. The average molecular weight is 266 g/mol. The third kappa shape index (κ3) is 1.45. The molecular weight excluding hydrogens is 247 g/mol. The molecule has 66 valence electrons. The Morgan fingerprint density at radius 2 is 1.91 bits per heavy atom. The van der Waals surface area contributed by atoms with E-state index < -0.39 is 0 Å². The highest BCUT2D eigenvalue weighted by molar-refractivity contribution is 14.1. The van der Waals surface area contributed by atoms with Gasteiger partial charge in [-0.3, -0.25) is 0 Å². The van der Waals surface area contributed by atoms with Gasteiger partial charge in [0.1, 0.15) is 0 Å². The highest BCUT2D eigenvalue weighted by atomic mass is 127. The minimum Gasteiger partial charge on any atom is -0.0864 e. The topological polar surface area (TPSA) is 0 Å². The molecule has 0 amide bonds. The molecule has 0 N–H and O–H groups in total. The van der Waals surface area contributed by atoms with Crippen LogP contribution < -0.4 is 0 Å². The van der Waals surface area contributed by atoms with Crippen LogP contribution in [0, 0.1) is 10.8 Å². The summed E-state index contributed by atoms with van der Waals surface area (Å²) in [6.45, 7) is 7.15. The molecule has 1 rings (SSSR count). The summed E-state index contributed by atoms with van der Waals surface area (Å²) in [4.78, 5) is 0. The predicted molar refractivity (Wildman–Crippen MR) is 59.2 cm³/mol. The van der Waals surface area contributed by atoms with E-state index in [1.807, 2.05) is 0 Å². The van der Waals surface area contributed by atoms with Crippen molar-refractivity contribution in [1.29, 1.82) is 0 Å². The Labute approximate surface area is 84.3 Å². The smallest absolute Gasteiger partial charge is 0.0000762 e. The molecule has 0 aromatic heterocycles. The van der Waals surface area contributed by atoms with Gasteiger partial charge in [0.05, 0.1) is 0 Å². The van der Waals surface area contributed by atoms with Crippen LogP contribution in [0.3, 0.4) is 0 Å². The lowest BCUT2D eigenvalue weighted by Crippen LogP contribution is -2.10. The average Bonchev–Trinajstić information content (AvgIpc) is 2.60. The van der Waals surface area contributed by atoms with E-state index in [-0.39, 0.29) is 0 Å². The molecule has 0 aliphatic heterocycles. The van der Waals surface area contributed by atoms with Gasteiger partial charge in [-0.25, -0.2) is 0 Å². The van der Waals surface area contributed by atoms with Gasteiger partial charge < -0.3 is 0 Å². The van der Waals surface area contributed by atoms with Crippen LogP contribution >= 0.6 is 22.6 Å². The van der Waals surface area contributed by atoms with Crippen LogP contribution in [0.1, 0.15) is 46.5 Å². The van der Waals surface area contributed by atoms with Crippen LogP contribution in [0.4, 0.5) is 0 Å². The van der Waals surface area contributed by atoms with E-state index in [0.29, 0.717) is 5.41 Å². The molecule has 0 bridgehead atoms. The van der Waals surface area contributed by atoms with Gasteiger partial charge in [-0.2, -0.15) is 0 Å². The van der Waals surface area contributed by atoms with Gasteiger partial charge in [0.2, 0.25) is 0 Å². The van der Waals surface area contributed by atoms with Crippen LogP contribution in [0.2, 0.25) is 0 Å². The fraction of sp³-hybridized carbons (Fsp3) is 1.00. The molecule has 2 unspecified atom stereocenters. The summed E-state index contributed by atoms with van der Waals surface area (Å²) in [5.74, 6) is 0. The number of rotatable bonds is 4. The summed E-state index contributed by atoms with van der Waals surface area (Å²) in [5.41, 5.74) is 1.44. The van der Waals surface area contributed by atoms with Crippen molar-refractivity contribution in [3.8, 4) is 0 Å². The fourth-order valence-electron chi connectivity index (χ4n) is 2.50. The minimum absolute atomic E-state index is 0.701. The monoisotopic (exact) mass is 266 g/mol. The quantitative estimate of drug-likeness (QED) is 0.532. The zero-order valence-corrected chi connectivity index (χ0v) is 10.1. The number of hydrogen-bond acceptors (Lipinski definition) is 0. The van der Waals surface area contributed by atoms with Crippen molar-refractivity contribution in [2.24, 2.45) is 10.8 Å². The van der Waals surface area contributed by atoms with Crippen molar-refractivity contribution < 1.29 is 0 Å². The van der Waals surface area contributed by atoms with Crippen molar-refractivity contribution >= 4 is 22.6 Å². The lowest BCUT2D eigenvalue weighted by atomic mass is 9.88. The van der Waals surface area contributed by atoms with Crippen LogP contribution in [0.5, 0.6) is 0 Å². The molecule has 0 aromatic carbocycles. The Balaban J connectivity index is 2.55. The van der Waals surface area contributed by atoms with Crippen molar-refractivity contribution in [1.82, 2.24) is 0 Å². The molecule has 0 heterocycles. The second-order valence-electron chi connectivity index (χ2n) is 4.16. The van der Waals surface area contributed by atoms with Gasteiger partial charge >= 0.3 is 0 Å². The maximum Gasteiger partial charge on any atom is 0.0000762 e. The second kappa shape index (κ2) is 3.23. The molecular formula is C10H19I. The van der Waals surface area contributed by atoms with E-state index in [1.54, 1.807) is 0 Å². The number of alkyl halides is 1. The molecule has 0 saturated heterocycles. The van der Waals surface area contributed by atoms with E-state index >= 15 is 0 Å². The molecule has 1 heteroatoms. The zero-order valence-electron chi connectivity index (χ0n) is 7.91. The van der Waals surface area contributed by atoms with Gasteiger partial charge in [-0.1, -0.05) is 49.8 Å². The summed E-state index contributed by atoms with van der Waals surface area (Å²) < 4.78 is 1.33. The van der Waals surface area contributed by atoms with E-state index in [2.05, 4.69) is 43.4 Å². The van der Waals surface area contributed by atoms with Crippen LogP contribution in [-0.4, -0.2) is 4.43 Å². The highest BCUT2D eigenvalue weighted by Gasteiger charge is 2.60. The summed E-state index contributed by atoms with van der Waals surface area (Å²) in [6, 6.07) is 0. The van der Waals surface area contributed by atoms with E-state index in [4.69, 9.17) is 0 Å². The molecule has 2 atom stereocenters. The number of halogens is 1. The summed E-state index contributed by atoms with van der Waals surface area (Å²) >= 11 is 2.51. The van der Waals surface area contributed by atoms with Crippen LogP contribution in [0.15, 0.2) is 0 Å².